The van der Waals surface area contributed by atoms with Crippen molar-refractivity contribution in [1.82, 2.24) is 10.2 Å². The van der Waals surface area contributed by atoms with Crippen LogP contribution in [0.3, 0.4) is 0 Å². The van der Waals surface area contributed by atoms with Gasteiger partial charge < -0.3 is 5.32 Å². The third-order valence-electron chi connectivity index (χ3n) is 3.79. The molecule has 19 heavy (non-hydrogen) atoms. The fraction of sp³-hybridized carbons (Fsp3) is 0.600. The van der Waals surface area contributed by atoms with Crippen LogP contribution in [0.25, 0.3) is 0 Å². The Hall–Kier alpha value is -1.00. The molecule has 1 fully saturated rings. The van der Waals surface area contributed by atoms with E-state index in [9.17, 15) is 8.78 Å². The van der Waals surface area contributed by atoms with E-state index >= 15 is 0 Å². The smallest absolute Gasteiger partial charge is 0.240 e. The first kappa shape index (κ1) is 14.4. The van der Waals surface area contributed by atoms with Gasteiger partial charge in [0.1, 0.15) is 0 Å². The summed E-state index contributed by atoms with van der Waals surface area (Å²) in [4.78, 5) is 2.18. The number of hydrogen-bond acceptors (Lipinski definition) is 2. The van der Waals surface area contributed by atoms with Crippen molar-refractivity contribution < 1.29 is 8.78 Å². The molecule has 0 bridgehead atoms. The molecule has 0 spiro atoms. The fourth-order valence-corrected chi connectivity index (χ4v) is 2.75. The predicted molar refractivity (Wildman–Crippen MR) is 73.7 cm³/mol. The molecule has 0 aliphatic carbocycles. The Morgan fingerprint density at radius 2 is 1.89 bits per heavy atom. The highest BCUT2D eigenvalue weighted by molar-refractivity contribution is 5.33. The van der Waals surface area contributed by atoms with Crippen LogP contribution < -0.4 is 5.32 Å². The summed E-state index contributed by atoms with van der Waals surface area (Å²) in [6.07, 6.45) is -2.34. The molecule has 106 valence electrons. The van der Waals surface area contributed by atoms with Crippen molar-refractivity contribution in [3.63, 3.8) is 0 Å². The Labute approximate surface area is 113 Å². The van der Waals surface area contributed by atoms with Gasteiger partial charge in [0.05, 0.1) is 0 Å². The van der Waals surface area contributed by atoms with E-state index < -0.39 is 6.43 Å². The molecule has 2 rings (SSSR count). The molecular weight excluding hydrogens is 246 g/mol. The van der Waals surface area contributed by atoms with E-state index in [-0.39, 0.29) is 12.5 Å². The highest BCUT2D eigenvalue weighted by Gasteiger charge is 2.26. The Bertz CT molecular complexity index is 415. The van der Waals surface area contributed by atoms with Crippen LogP contribution in [-0.2, 0) is 0 Å². The van der Waals surface area contributed by atoms with Gasteiger partial charge >= 0.3 is 0 Å². The Balaban J connectivity index is 2.27. The summed E-state index contributed by atoms with van der Waals surface area (Å²) in [5.74, 6) is 0. The van der Waals surface area contributed by atoms with E-state index in [4.69, 9.17) is 0 Å². The van der Waals surface area contributed by atoms with Crippen LogP contribution in [0.1, 0.15) is 29.2 Å². The number of aryl methyl sites for hydroxylation is 2. The van der Waals surface area contributed by atoms with Gasteiger partial charge in [0.15, 0.2) is 0 Å². The summed E-state index contributed by atoms with van der Waals surface area (Å²) >= 11 is 0. The summed E-state index contributed by atoms with van der Waals surface area (Å²) in [5, 5.41) is 3.27. The van der Waals surface area contributed by atoms with E-state index in [2.05, 4.69) is 16.3 Å². The Morgan fingerprint density at radius 1 is 1.21 bits per heavy atom. The lowest BCUT2D eigenvalue weighted by Gasteiger charge is -2.36. The maximum atomic E-state index is 12.9. The predicted octanol–water partition coefficient (Wildman–Crippen LogP) is 2.90. The maximum Gasteiger partial charge on any atom is 0.240 e. The average molecular weight is 268 g/mol. The first-order valence-corrected chi connectivity index (χ1v) is 6.88. The molecule has 1 aliphatic rings. The second kappa shape index (κ2) is 6.44. The Kier molecular flexibility index (Phi) is 4.88. The molecule has 0 aromatic heterocycles. The molecule has 1 atom stereocenters. The number of piperazine rings is 1. The number of nitrogens with zero attached hydrogens (tertiary/aromatic N) is 1. The number of rotatable bonds is 4. The van der Waals surface area contributed by atoms with Gasteiger partial charge in [-0.15, -0.1) is 0 Å². The minimum Gasteiger partial charge on any atom is -0.314 e. The molecular formula is C15H22F2N2. The molecule has 1 N–H and O–H groups in total. The zero-order valence-electron chi connectivity index (χ0n) is 11.6. The van der Waals surface area contributed by atoms with E-state index in [0.29, 0.717) is 0 Å². The van der Waals surface area contributed by atoms with E-state index in [1.165, 1.54) is 0 Å². The van der Waals surface area contributed by atoms with Gasteiger partial charge in [0, 0.05) is 38.6 Å². The van der Waals surface area contributed by atoms with Crippen molar-refractivity contribution in [2.24, 2.45) is 0 Å². The van der Waals surface area contributed by atoms with Crippen molar-refractivity contribution in [2.45, 2.75) is 32.7 Å². The molecule has 1 heterocycles. The van der Waals surface area contributed by atoms with E-state index in [1.807, 2.05) is 26.0 Å². The molecule has 0 saturated carbocycles. The summed E-state index contributed by atoms with van der Waals surface area (Å²) < 4.78 is 25.8. The fourth-order valence-electron chi connectivity index (χ4n) is 2.75. The number of hydrogen-bond donors (Lipinski definition) is 1. The third-order valence-corrected chi connectivity index (χ3v) is 3.79. The van der Waals surface area contributed by atoms with Gasteiger partial charge in [0.25, 0.3) is 0 Å². The van der Waals surface area contributed by atoms with E-state index in [1.54, 1.807) is 0 Å². The second-order valence-electron chi connectivity index (χ2n) is 5.29. The Morgan fingerprint density at radius 3 is 2.53 bits per heavy atom. The van der Waals surface area contributed by atoms with Crippen molar-refractivity contribution in [2.75, 3.05) is 26.2 Å². The van der Waals surface area contributed by atoms with E-state index in [0.717, 1.165) is 42.9 Å². The molecule has 1 aromatic carbocycles. The zero-order chi connectivity index (χ0) is 13.8. The topological polar surface area (TPSA) is 15.3 Å². The molecule has 0 amide bonds. The summed E-state index contributed by atoms with van der Waals surface area (Å²) in [5.41, 5.74) is 3.30. The normalized spacial score (nSPS) is 18.8. The first-order chi connectivity index (χ1) is 9.08. The molecule has 1 aliphatic heterocycles. The highest BCUT2D eigenvalue weighted by Crippen LogP contribution is 2.30. The van der Waals surface area contributed by atoms with Gasteiger partial charge in [0.2, 0.25) is 6.43 Å². The van der Waals surface area contributed by atoms with Crippen LogP contribution in [0.15, 0.2) is 18.2 Å². The van der Waals surface area contributed by atoms with Crippen LogP contribution in [-0.4, -0.2) is 37.5 Å². The maximum absolute atomic E-state index is 12.9. The lowest BCUT2D eigenvalue weighted by atomic mass is 9.95. The van der Waals surface area contributed by atoms with Gasteiger partial charge in [-0.25, -0.2) is 8.78 Å². The van der Waals surface area contributed by atoms with Crippen molar-refractivity contribution in [3.8, 4) is 0 Å². The van der Waals surface area contributed by atoms with Gasteiger partial charge in [-0.05, 0) is 25.0 Å². The summed E-state index contributed by atoms with van der Waals surface area (Å²) in [7, 11) is 0. The lowest BCUT2D eigenvalue weighted by Crippen LogP contribution is -2.45. The average Bonchev–Trinajstić information content (AvgIpc) is 2.40. The lowest BCUT2D eigenvalue weighted by molar-refractivity contribution is 0.0737. The van der Waals surface area contributed by atoms with Crippen LogP contribution >= 0.6 is 0 Å². The van der Waals surface area contributed by atoms with Gasteiger partial charge in [-0.3, -0.25) is 4.90 Å². The van der Waals surface area contributed by atoms with Crippen LogP contribution in [0.5, 0.6) is 0 Å². The SMILES string of the molecule is Cc1ccc(C)c([C@H](CC(F)F)N2CCNCC2)c1. The highest BCUT2D eigenvalue weighted by atomic mass is 19.3. The second-order valence-corrected chi connectivity index (χ2v) is 5.29. The van der Waals surface area contributed by atoms with Crippen LogP contribution in [0.2, 0.25) is 0 Å². The van der Waals surface area contributed by atoms with Gasteiger partial charge in [-0.2, -0.15) is 0 Å². The molecule has 2 nitrogen and oxygen atoms in total. The van der Waals surface area contributed by atoms with Crippen LogP contribution in [0, 0.1) is 13.8 Å². The largest absolute Gasteiger partial charge is 0.314 e. The molecule has 0 radical (unpaired) electrons. The van der Waals surface area contributed by atoms with Gasteiger partial charge in [-0.1, -0.05) is 23.8 Å². The number of nitrogens with one attached hydrogen (secondary N) is 1. The zero-order valence-corrected chi connectivity index (χ0v) is 11.6. The van der Waals surface area contributed by atoms with Crippen molar-refractivity contribution in [3.05, 3.63) is 34.9 Å². The first-order valence-electron chi connectivity index (χ1n) is 6.88. The summed E-state index contributed by atoms with van der Waals surface area (Å²) in [6, 6.07) is 5.97. The number of alkyl halides is 2. The minimum absolute atomic E-state index is 0.0791. The summed E-state index contributed by atoms with van der Waals surface area (Å²) in [6.45, 7) is 7.46. The molecule has 1 aromatic rings. The number of benzene rings is 1. The monoisotopic (exact) mass is 268 g/mol. The number of halogens is 2. The molecule has 0 unspecified atom stereocenters. The minimum atomic E-state index is -2.26. The quantitative estimate of drug-likeness (QED) is 0.903. The third kappa shape index (κ3) is 3.74. The standard InChI is InChI=1S/C15H22F2N2/c1-11-3-4-12(2)13(9-11)14(10-15(16)17)19-7-5-18-6-8-19/h3-4,9,14-15,18H,5-8,10H2,1-2H3/t14-/m0/s1. The van der Waals surface area contributed by atoms with Crippen LogP contribution in [0.4, 0.5) is 8.78 Å². The molecule has 1 saturated heterocycles. The van der Waals surface area contributed by atoms with Crippen molar-refractivity contribution in [1.29, 1.82) is 0 Å². The van der Waals surface area contributed by atoms with Crippen molar-refractivity contribution >= 4 is 0 Å². The molecule has 4 heteroatoms.